The smallest absolute Gasteiger partial charge is 0.337 e. The second kappa shape index (κ2) is 3.94. The SMILES string of the molecule is COC(=O)c1ccc([Si](C)(C)O)cc1. The van der Waals surface area contributed by atoms with Gasteiger partial charge in [0.25, 0.3) is 0 Å². The quantitative estimate of drug-likeness (QED) is 0.582. The van der Waals surface area contributed by atoms with Crippen molar-refractivity contribution in [1.82, 2.24) is 0 Å². The minimum absolute atomic E-state index is 0.353. The minimum Gasteiger partial charge on any atom is -0.465 e. The van der Waals surface area contributed by atoms with Gasteiger partial charge in [0.05, 0.1) is 12.7 Å². The van der Waals surface area contributed by atoms with Gasteiger partial charge in [-0.05, 0) is 30.4 Å². The summed E-state index contributed by atoms with van der Waals surface area (Å²) in [6.07, 6.45) is 0. The second-order valence-corrected chi connectivity index (χ2v) is 7.32. The van der Waals surface area contributed by atoms with E-state index in [0.717, 1.165) is 5.19 Å². The standard InChI is InChI=1S/C10H14O3Si/c1-13-10(11)8-4-6-9(7-5-8)14(2,3)12/h4-7,12H,1-3H3. The van der Waals surface area contributed by atoms with E-state index in [1.54, 1.807) is 24.3 Å². The second-order valence-electron chi connectivity index (χ2n) is 3.63. The fourth-order valence-corrected chi connectivity index (χ4v) is 2.11. The Morgan fingerprint density at radius 2 is 1.79 bits per heavy atom. The van der Waals surface area contributed by atoms with Crippen LogP contribution >= 0.6 is 0 Å². The van der Waals surface area contributed by atoms with Crippen molar-refractivity contribution in [2.75, 3.05) is 7.11 Å². The molecule has 0 unspecified atom stereocenters. The van der Waals surface area contributed by atoms with Crippen LogP contribution in [0.2, 0.25) is 13.1 Å². The van der Waals surface area contributed by atoms with Crippen molar-refractivity contribution in [1.29, 1.82) is 0 Å². The van der Waals surface area contributed by atoms with E-state index in [-0.39, 0.29) is 5.97 Å². The lowest BCUT2D eigenvalue weighted by molar-refractivity contribution is 0.0601. The van der Waals surface area contributed by atoms with Crippen molar-refractivity contribution in [2.45, 2.75) is 13.1 Å². The van der Waals surface area contributed by atoms with E-state index in [4.69, 9.17) is 0 Å². The molecule has 0 saturated carbocycles. The summed E-state index contributed by atoms with van der Waals surface area (Å²) < 4.78 is 4.57. The number of benzene rings is 1. The van der Waals surface area contributed by atoms with Crippen LogP contribution in [0.15, 0.2) is 24.3 Å². The number of carbonyl (C=O) groups is 1. The van der Waals surface area contributed by atoms with Gasteiger partial charge in [0.1, 0.15) is 0 Å². The van der Waals surface area contributed by atoms with Gasteiger partial charge in [-0.3, -0.25) is 0 Å². The van der Waals surface area contributed by atoms with Gasteiger partial charge in [0.15, 0.2) is 0 Å². The highest BCUT2D eigenvalue weighted by Gasteiger charge is 2.20. The Bertz CT molecular complexity index is 324. The average Bonchev–Trinajstić information content (AvgIpc) is 2.15. The van der Waals surface area contributed by atoms with E-state index in [9.17, 15) is 9.59 Å². The molecule has 0 radical (unpaired) electrons. The average molecular weight is 210 g/mol. The maximum absolute atomic E-state index is 11.1. The Labute approximate surface area is 84.5 Å². The van der Waals surface area contributed by atoms with Crippen molar-refractivity contribution in [3.8, 4) is 0 Å². The van der Waals surface area contributed by atoms with Crippen molar-refractivity contribution in [2.24, 2.45) is 0 Å². The Kier molecular flexibility index (Phi) is 3.08. The van der Waals surface area contributed by atoms with Gasteiger partial charge in [-0.1, -0.05) is 12.1 Å². The number of rotatable bonds is 2. The molecule has 0 fully saturated rings. The third-order valence-corrected chi connectivity index (χ3v) is 3.76. The molecule has 1 N–H and O–H groups in total. The number of hydrogen-bond acceptors (Lipinski definition) is 3. The van der Waals surface area contributed by atoms with Crippen LogP contribution in [-0.2, 0) is 4.74 Å². The van der Waals surface area contributed by atoms with Crippen molar-refractivity contribution >= 4 is 19.5 Å². The number of esters is 1. The van der Waals surface area contributed by atoms with Crippen LogP contribution in [0.4, 0.5) is 0 Å². The van der Waals surface area contributed by atoms with Crippen LogP contribution in [0.5, 0.6) is 0 Å². The largest absolute Gasteiger partial charge is 0.465 e. The minimum atomic E-state index is -2.25. The lowest BCUT2D eigenvalue weighted by Crippen LogP contribution is -2.41. The summed E-state index contributed by atoms with van der Waals surface area (Å²) in [5.41, 5.74) is 0.509. The monoisotopic (exact) mass is 210 g/mol. The van der Waals surface area contributed by atoms with Crippen molar-refractivity contribution < 1.29 is 14.3 Å². The summed E-state index contributed by atoms with van der Waals surface area (Å²) in [5.74, 6) is -0.353. The lowest BCUT2D eigenvalue weighted by atomic mass is 10.2. The molecule has 4 heteroatoms. The number of carbonyl (C=O) groups excluding carboxylic acids is 1. The summed E-state index contributed by atoms with van der Waals surface area (Å²) in [7, 11) is -0.905. The molecule has 76 valence electrons. The molecule has 0 aliphatic heterocycles. The molecule has 0 atom stereocenters. The molecule has 0 amide bonds. The molecule has 0 bridgehead atoms. The van der Waals surface area contributed by atoms with Crippen molar-refractivity contribution in [3.05, 3.63) is 29.8 Å². The van der Waals surface area contributed by atoms with E-state index in [1.807, 2.05) is 13.1 Å². The Morgan fingerprint density at radius 3 is 2.14 bits per heavy atom. The highest BCUT2D eigenvalue weighted by atomic mass is 28.4. The van der Waals surface area contributed by atoms with Crippen molar-refractivity contribution in [3.63, 3.8) is 0 Å². The number of methoxy groups -OCH3 is 1. The summed E-state index contributed by atoms with van der Waals surface area (Å²) in [4.78, 5) is 20.9. The summed E-state index contributed by atoms with van der Waals surface area (Å²) in [5, 5.41) is 0.908. The first-order valence-electron chi connectivity index (χ1n) is 4.36. The van der Waals surface area contributed by atoms with Crippen LogP contribution in [0.25, 0.3) is 0 Å². The topological polar surface area (TPSA) is 46.5 Å². The molecule has 0 spiro atoms. The zero-order valence-corrected chi connectivity index (χ0v) is 9.57. The van der Waals surface area contributed by atoms with Crippen LogP contribution in [-0.4, -0.2) is 26.2 Å². The fourth-order valence-electron chi connectivity index (χ4n) is 1.13. The van der Waals surface area contributed by atoms with Gasteiger partial charge in [0, 0.05) is 0 Å². The van der Waals surface area contributed by atoms with Gasteiger partial charge < -0.3 is 9.53 Å². The van der Waals surface area contributed by atoms with Crippen LogP contribution in [0, 0.1) is 0 Å². The third-order valence-electron chi connectivity index (χ3n) is 2.01. The molecule has 1 aromatic carbocycles. The molecular weight excluding hydrogens is 196 g/mol. The summed E-state index contributed by atoms with van der Waals surface area (Å²) in [6.45, 7) is 3.67. The molecular formula is C10H14O3Si. The first kappa shape index (κ1) is 10.9. The molecule has 0 aliphatic carbocycles. The third kappa shape index (κ3) is 2.43. The molecule has 0 heterocycles. The van der Waals surface area contributed by atoms with Crippen LogP contribution in [0.1, 0.15) is 10.4 Å². The van der Waals surface area contributed by atoms with E-state index in [0.29, 0.717) is 5.56 Å². The predicted molar refractivity (Wildman–Crippen MR) is 57.1 cm³/mol. The molecule has 0 saturated heterocycles. The van der Waals surface area contributed by atoms with Gasteiger partial charge in [0.2, 0.25) is 8.32 Å². The predicted octanol–water partition coefficient (Wildman–Crippen LogP) is 0.878. The van der Waals surface area contributed by atoms with Crippen LogP contribution < -0.4 is 5.19 Å². The molecule has 1 aromatic rings. The number of ether oxygens (including phenoxy) is 1. The Balaban J connectivity index is 2.95. The zero-order chi connectivity index (χ0) is 10.8. The van der Waals surface area contributed by atoms with E-state index in [2.05, 4.69) is 4.74 Å². The molecule has 1 rings (SSSR count). The maximum atomic E-state index is 11.1. The van der Waals surface area contributed by atoms with Gasteiger partial charge in [-0.15, -0.1) is 0 Å². The lowest BCUT2D eigenvalue weighted by Gasteiger charge is -2.14. The zero-order valence-electron chi connectivity index (χ0n) is 8.57. The van der Waals surface area contributed by atoms with E-state index < -0.39 is 8.32 Å². The molecule has 0 aromatic heterocycles. The summed E-state index contributed by atoms with van der Waals surface area (Å²) >= 11 is 0. The maximum Gasteiger partial charge on any atom is 0.337 e. The van der Waals surface area contributed by atoms with E-state index >= 15 is 0 Å². The fraction of sp³-hybridized carbons (Fsp3) is 0.300. The van der Waals surface area contributed by atoms with Gasteiger partial charge >= 0.3 is 5.97 Å². The molecule has 3 nitrogen and oxygen atoms in total. The first-order chi connectivity index (χ1) is 6.45. The molecule has 0 aliphatic rings. The van der Waals surface area contributed by atoms with Crippen LogP contribution in [0.3, 0.4) is 0 Å². The Morgan fingerprint density at radius 1 is 1.29 bits per heavy atom. The number of hydrogen-bond donors (Lipinski definition) is 1. The van der Waals surface area contributed by atoms with E-state index in [1.165, 1.54) is 7.11 Å². The highest BCUT2D eigenvalue weighted by Crippen LogP contribution is 2.03. The Hall–Kier alpha value is -1.13. The first-order valence-corrected chi connectivity index (χ1v) is 7.31. The van der Waals surface area contributed by atoms with Gasteiger partial charge in [-0.2, -0.15) is 0 Å². The van der Waals surface area contributed by atoms with Gasteiger partial charge in [-0.25, -0.2) is 4.79 Å². The normalized spacial score (nSPS) is 11.1. The summed E-state index contributed by atoms with van der Waals surface area (Å²) in [6, 6.07) is 6.90. The highest BCUT2D eigenvalue weighted by molar-refractivity contribution is 6.83. The molecule has 14 heavy (non-hydrogen) atoms.